The zero-order valence-electron chi connectivity index (χ0n) is 12.0. The van der Waals surface area contributed by atoms with E-state index in [9.17, 15) is 4.39 Å². The molecule has 4 N–H and O–H groups in total. The highest BCUT2D eigenvalue weighted by Gasteiger charge is 2.13. The Balaban J connectivity index is 0.00000220. The minimum atomic E-state index is -0.395. The summed E-state index contributed by atoms with van der Waals surface area (Å²) in [6, 6.07) is 5.05. The third kappa shape index (κ3) is 5.78. The average Bonchev–Trinajstić information content (AvgIpc) is 2.47. The molecule has 0 spiro atoms. The second kappa shape index (κ2) is 9.19. The van der Waals surface area contributed by atoms with E-state index in [1.807, 2.05) is 0 Å². The number of guanidine groups is 1. The minimum Gasteiger partial charge on any atom is -0.392 e. The number of aliphatic hydroxyl groups excluding tert-OH is 1. The monoisotopic (exact) mass is 407 g/mol. The van der Waals surface area contributed by atoms with Gasteiger partial charge in [-0.1, -0.05) is 25.3 Å². The Morgan fingerprint density at radius 2 is 2.05 bits per heavy atom. The molecular weight excluding hydrogens is 384 g/mol. The zero-order chi connectivity index (χ0) is 14.4. The van der Waals surface area contributed by atoms with Crippen LogP contribution in [0.5, 0.6) is 0 Å². The standard InChI is InChI=1S/C15H22FN3O.HI/c16-14-7-6-11(8-12(14)10-20)9-18-15(17)19-13-4-2-1-3-5-13;/h6-8,13,20H,1-5,9-10H2,(H3,17,18,19);1H. The molecule has 1 aliphatic carbocycles. The van der Waals surface area contributed by atoms with Crippen molar-refractivity contribution in [2.24, 2.45) is 10.7 Å². The number of halogens is 2. The molecule has 4 nitrogen and oxygen atoms in total. The molecule has 2 rings (SSSR count). The molecule has 0 bridgehead atoms. The molecule has 21 heavy (non-hydrogen) atoms. The first-order chi connectivity index (χ1) is 9.69. The summed E-state index contributed by atoms with van der Waals surface area (Å²) >= 11 is 0. The van der Waals surface area contributed by atoms with E-state index in [2.05, 4.69) is 10.3 Å². The summed E-state index contributed by atoms with van der Waals surface area (Å²) in [6.45, 7) is 0.0814. The lowest BCUT2D eigenvalue weighted by atomic mass is 9.96. The Bertz CT molecular complexity index is 476. The lowest BCUT2D eigenvalue weighted by molar-refractivity contribution is 0.275. The first-order valence-electron chi connectivity index (χ1n) is 7.13. The maximum atomic E-state index is 13.2. The van der Waals surface area contributed by atoms with Crippen molar-refractivity contribution >= 4 is 29.9 Å². The molecule has 118 valence electrons. The molecule has 0 amide bonds. The van der Waals surface area contributed by atoms with Crippen molar-refractivity contribution in [1.82, 2.24) is 5.32 Å². The highest BCUT2D eigenvalue weighted by molar-refractivity contribution is 14.0. The smallest absolute Gasteiger partial charge is 0.189 e. The number of hydrogen-bond acceptors (Lipinski definition) is 2. The molecule has 1 aromatic carbocycles. The number of aliphatic hydroxyl groups is 1. The average molecular weight is 407 g/mol. The Kier molecular flexibility index (Phi) is 7.95. The number of hydrogen-bond donors (Lipinski definition) is 3. The summed E-state index contributed by atoms with van der Waals surface area (Å²) in [5, 5.41) is 12.3. The molecule has 0 aromatic heterocycles. The van der Waals surface area contributed by atoms with Gasteiger partial charge in [-0.15, -0.1) is 24.0 Å². The molecule has 1 aliphatic rings. The molecule has 0 aliphatic heterocycles. The first-order valence-corrected chi connectivity index (χ1v) is 7.13. The fraction of sp³-hybridized carbons (Fsp3) is 0.533. The van der Waals surface area contributed by atoms with E-state index in [-0.39, 0.29) is 36.1 Å². The van der Waals surface area contributed by atoms with Crippen LogP contribution in [-0.4, -0.2) is 17.1 Å². The molecule has 1 saturated carbocycles. The minimum absolute atomic E-state index is 0. The summed E-state index contributed by atoms with van der Waals surface area (Å²) in [6.07, 6.45) is 6.06. The largest absolute Gasteiger partial charge is 0.392 e. The number of nitrogens with zero attached hydrogens (tertiary/aromatic N) is 1. The van der Waals surface area contributed by atoms with Gasteiger partial charge in [0.15, 0.2) is 5.96 Å². The Morgan fingerprint density at radius 1 is 1.33 bits per heavy atom. The second-order valence-electron chi connectivity index (χ2n) is 5.26. The SMILES string of the molecule is I.NC(=NCc1ccc(F)c(CO)c1)NC1CCCCC1. The van der Waals surface area contributed by atoms with Crippen LogP contribution in [0.4, 0.5) is 4.39 Å². The topological polar surface area (TPSA) is 70.6 Å². The maximum Gasteiger partial charge on any atom is 0.189 e. The van der Waals surface area contributed by atoms with E-state index in [0.717, 1.165) is 18.4 Å². The number of nitrogens with one attached hydrogen (secondary N) is 1. The van der Waals surface area contributed by atoms with Gasteiger partial charge in [0.25, 0.3) is 0 Å². The van der Waals surface area contributed by atoms with Crippen LogP contribution in [0, 0.1) is 5.82 Å². The molecule has 0 atom stereocenters. The summed E-state index contributed by atoms with van der Waals surface area (Å²) in [7, 11) is 0. The molecule has 1 aromatic rings. The number of nitrogens with two attached hydrogens (primary N) is 1. The summed E-state index contributed by atoms with van der Waals surface area (Å²) in [5.74, 6) is 0.0419. The van der Waals surface area contributed by atoms with Crippen molar-refractivity contribution in [1.29, 1.82) is 0 Å². The lowest BCUT2D eigenvalue weighted by Crippen LogP contribution is -2.41. The summed E-state index contributed by atoms with van der Waals surface area (Å²) < 4.78 is 13.2. The molecular formula is C15H23FIN3O. The quantitative estimate of drug-likeness (QED) is 0.409. The number of aliphatic imine (C=N–C) groups is 1. The van der Waals surface area contributed by atoms with Gasteiger partial charge in [0.2, 0.25) is 0 Å². The van der Waals surface area contributed by atoms with Crippen molar-refractivity contribution in [2.75, 3.05) is 0 Å². The molecule has 0 heterocycles. The van der Waals surface area contributed by atoms with Crippen LogP contribution >= 0.6 is 24.0 Å². The van der Waals surface area contributed by atoms with E-state index in [0.29, 0.717) is 18.5 Å². The molecule has 0 radical (unpaired) electrons. The van der Waals surface area contributed by atoms with Crippen LogP contribution in [0.3, 0.4) is 0 Å². The van der Waals surface area contributed by atoms with Crippen molar-refractivity contribution in [3.63, 3.8) is 0 Å². The van der Waals surface area contributed by atoms with Gasteiger partial charge in [0.05, 0.1) is 13.2 Å². The third-order valence-corrected chi connectivity index (χ3v) is 3.67. The van der Waals surface area contributed by atoms with Gasteiger partial charge in [-0.2, -0.15) is 0 Å². The van der Waals surface area contributed by atoms with Gasteiger partial charge in [0, 0.05) is 11.6 Å². The molecule has 0 saturated heterocycles. The van der Waals surface area contributed by atoms with E-state index in [1.165, 1.54) is 25.3 Å². The normalized spacial score (nSPS) is 16.4. The highest BCUT2D eigenvalue weighted by atomic mass is 127. The molecule has 6 heteroatoms. The highest BCUT2D eigenvalue weighted by Crippen LogP contribution is 2.17. The van der Waals surface area contributed by atoms with Gasteiger partial charge in [0.1, 0.15) is 5.82 Å². The fourth-order valence-corrected chi connectivity index (χ4v) is 2.53. The van der Waals surface area contributed by atoms with Crippen LogP contribution in [0.2, 0.25) is 0 Å². The predicted octanol–water partition coefficient (Wildman–Crippen LogP) is 2.67. The summed E-state index contributed by atoms with van der Waals surface area (Å²) in [4.78, 5) is 4.27. The van der Waals surface area contributed by atoms with Crippen molar-refractivity contribution in [3.05, 3.63) is 35.1 Å². The predicted molar refractivity (Wildman–Crippen MR) is 93.1 cm³/mol. The first kappa shape index (κ1) is 18.2. The van der Waals surface area contributed by atoms with Gasteiger partial charge in [-0.3, -0.25) is 0 Å². The number of rotatable bonds is 4. The van der Waals surface area contributed by atoms with E-state index in [4.69, 9.17) is 10.8 Å². The Morgan fingerprint density at radius 3 is 2.71 bits per heavy atom. The maximum absolute atomic E-state index is 13.2. The van der Waals surface area contributed by atoms with E-state index in [1.54, 1.807) is 12.1 Å². The number of benzene rings is 1. The van der Waals surface area contributed by atoms with E-state index >= 15 is 0 Å². The van der Waals surface area contributed by atoms with Gasteiger partial charge >= 0.3 is 0 Å². The van der Waals surface area contributed by atoms with Crippen LogP contribution in [0.15, 0.2) is 23.2 Å². The zero-order valence-corrected chi connectivity index (χ0v) is 14.3. The third-order valence-electron chi connectivity index (χ3n) is 3.67. The molecule has 0 unspecified atom stereocenters. The van der Waals surface area contributed by atoms with Gasteiger partial charge in [-0.05, 0) is 30.5 Å². The lowest BCUT2D eigenvalue weighted by Gasteiger charge is -2.23. The van der Waals surface area contributed by atoms with Crippen LogP contribution < -0.4 is 11.1 Å². The second-order valence-corrected chi connectivity index (χ2v) is 5.26. The van der Waals surface area contributed by atoms with Gasteiger partial charge in [-0.25, -0.2) is 9.38 Å². The Hall–Kier alpha value is -0.890. The van der Waals surface area contributed by atoms with Crippen molar-refractivity contribution in [3.8, 4) is 0 Å². The fourth-order valence-electron chi connectivity index (χ4n) is 2.53. The van der Waals surface area contributed by atoms with Crippen LogP contribution in [0.25, 0.3) is 0 Å². The summed E-state index contributed by atoms with van der Waals surface area (Å²) in [5.41, 5.74) is 6.99. The van der Waals surface area contributed by atoms with Crippen molar-refractivity contribution in [2.45, 2.75) is 51.3 Å². The van der Waals surface area contributed by atoms with Crippen LogP contribution in [-0.2, 0) is 13.2 Å². The van der Waals surface area contributed by atoms with E-state index < -0.39 is 5.82 Å². The van der Waals surface area contributed by atoms with Crippen molar-refractivity contribution < 1.29 is 9.50 Å². The van der Waals surface area contributed by atoms with Crippen LogP contribution in [0.1, 0.15) is 43.2 Å². The Labute approximate surface area is 142 Å². The van der Waals surface area contributed by atoms with Gasteiger partial charge < -0.3 is 16.2 Å². The molecule has 1 fully saturated rings.